The molecule has 29 heavy (non-hydrogen) atoms. The Morgan fingerprint density at radius 1 is 1.00 bits per heavy atom. The summed E-state index contributed by atoms with van der Waals surface area (Å²) in [6.45, 7) is 11.5. The van der Waals surface area contributed by atoms with Crippen LogP contribution in [0.25, 0.3) is 0 Å². The Morgan fingerprint density at radius 3 is 2.38 bits per heavy atom. The van der Waals surface area contributed by atoms with Crippen molar-refractivity contribution in [1.29, 1.82) is 0 Å². The topological polar surface area (TPSA) is 52.1 Å². The van der Waals surface area contributed by atoms with Crippen LogP contribution in [0.2, 0.25) is 0 Å². The van der Waals surface area contributed by atoms with Crippen LogP contribution in [0.4, 0.5) is 0 Å². The molecule has 0 atom stereocenters. The lowest BCUT2D eigenvalue weighted by Crippen LogP contribution is -2.33. The van der Waals surface area contributed by atoms with E-state index in [1.165, 1.54) is 24.0 Å². The van der Waals surface area contributed by atoms with Gasteiger partial charge in [-0.2, -0.15) is 5.10 Å². The second kappa shape index (κ2) is 8.37. The summed E-state index contributed by atoms with van der Waals surface area (Å²) in [5.41, 5.74) is 5.61. The third-order valence-electron chi connectivity index (χ3n) is 5.80. The molecule has 0 saturated heterocycles. The standard InChI is InChI=1S/C25H30N2O2/c1-6-29-23(28)14-12-20-11-10-19(26-27-20)9-7-18-8-13-21-22(17-18)25(4,5)16-15-24(21,2)3/h8,10-11,13,17H,6,12,14-16H2,1-5H3. The van der Waals surface area contributed by atoms with Crippen LogP contribution in [0, 0.1) is 11.8 Å². The number of hydrogen-bond donors (Lipinski definition) is 0. The molecule has 1 aromatic heterocycles. The molecule has 0 fully saturated rings. The first kappa shape index (κ1) is 21.0. The van der Waals surface area contributed by atoms with Crippen molar-refractivity contribution in [3.63, 3.8) is 0 Å². The lowest BCUT2D eigenvalue weighted by molar-refractivity contribution is -0.143. The molecule has 1 aromatic carbocycles. The fourth-order valence-corrected chi connectivity index (χ4v) is 3.83. The number of aryl methyl sites for hydroxylation is 1. The van der Waals surface area contributed by atoms with Gasteiger partial charge in [-0.25, -0.2) is 0 Å². The fraction of sp³-hybridized carbons (Fsp3) is 0.480. The number of aromatic nitrogens is 2. The summed E-state index contributed by atoms with van der Waals surface area (Å²) in [6.07, 6.45) is 3.22. The summed E-state index contributed by atoms with van der Waals surface area (Å²) >= 11 is 0. The monoisotopic (exact) mass is 390 g/mol. The van der Waals surface area contributed by atoms with Gasteiger partial charge >= 0.3 is 5.97 Å². The zero-order chi connectivity index (χ0) is 21.1. The van der Waals surface area contributed by atoms with Crippen molar-refractivity contribution < 1.29 is 9.53 Å². The SMILES string of the molecule is CCOC(=O)CCc1ccc(C#Cc2ccc3c(c2)C(C)(C)CCC3(C)C)nn1. The van der Waals surface area contributed by atoms with Gasteiger partial charge in [-0.1, -0.05) is 39.7 Å². The largest absolute Gasteiger partial charge is 0.466 e. The molecule has 0 saturated carbocycles. The van der Waals surface area contributed by atoms with Gasteiger partial charge in [0.05, 0.1) is 18.7 Å². The number of esters is 1. The second-order valence-electron chi connectivity index (χ2n) is 8.99. The first-order valence-corrected chi connectivity index (χ1v) is 10.4. The Morgan fingerprint density at radius 2 is 1.72 bits per heavy atom. The summed E-state index contributed by atoms with van der Waals surface area (Å²) in [5.74, 6) is 6.14. The number of carbonyl (C=O) groups is 1. The number of ether oxygens (including phenoxy) is 1. The zero-order valence-corrected chi connectivity index (χ0v) is 18.1. The summed E-state index contributed by atoms with van der Waals surface area (Å²) < 4.78 is 4.93. The van der Waals surface area contributed by atoms with Crippen molar-refractivity contribution in [2.24, 2.45) is 0 Å². The minimum atomic E-state index is -0.211. The molecule has 2 aromatic rings. The van der Waals surface area contributed by atoms with E-state index in [4.69, 9.17) is 4.74 Å². The van der Waals surface area contributed by atoms with E-state index < -0.39 is 0 Å². The first-order chi connectivity index (χ1) is 13.7. The summed E-state index contributed by atoms with van der Waals surface area (Å²) in [7, 11) is 0. The van der Waals surface area contributed by atoms with Gasteiger partial charge in [0.15, 0.2) is 0 Å². The average Bonchev–Trinajstić information content (AvgIpc) is 2.69. The Bertz CT molecular complexity index is 947. The number of hydrogen-bond acceptors (Lipinski definition) is 4. The van der Waals surface area contributed by atoms with Crippen LogP contribution in [-0.4, -0.2) is 22.8 Å². The van der Waals surface area contributed by atoms with Crippen LogP contribution in [0.3, 0.4) is 0 Å². The second-order valence-corrected chi connectivity index (χ2v) is 8.99. The number of benzene rings is 1. The predicted octanol–water partition coefficient (Wildman–Crippen LogP) is 4.72. The summed E-state index contributed by atoms with van der Waals surface area (Å²) in [6, 6.07) is 10.3. The maximum atomic E-state index is 11.4. The number of nitrogens with zero attached hydrogens (tertiary/aromatic N) is 2. The molecule has 1 aliphatic rings. The van der Waals surface area contributed by atoms with Crippen molar-refractivity contribution in [1.82, 2.24) is 10.2 Å². The predicted molar refractivity (Wildman–Crippen MR) is 115 cm³/mol. The molecule has 4 nitrogen and oxygen atoms in total. The number of carbonyl (C=O) groups excluding carboxylic acids is 1. The lowest BCUT2D eigenvalue weighted by atomic mass is 9.63. The van der Waals surface area contributed by atoms with Crippen molar-refractivity contribution >= 4 is 5.97 Å². The molecule has 0 N–H and O–H groups in total. The van der Waals surface area contributed by atoms with Crippen LogP contribution in [0.15, 0.2) is 30.3 Å². The van der Waals surface area contributed by atoms with E-state index in [9.17, 15) is 4.79 Å². The molecule has 4 heteroatoms. The Labute approximate surface area is 174 Å². The van der Waals surface area contributed by atoms with Gasteiger partial charge in [-0.05, 0) is 71.9 Å². The molecular formula is C25H30N2O2. The highest BCUT2D eigenvalue weighted by atomic mass is 16.5. The van der Waals surface area contributed by atoms with E-state index in [0.29, 0.717) is 25.1 Å². The first-order valence-electron chi connectivity index (χ1n) is 10.4. The number of fused-ring (bicyclic) bond motifs is 1. The van der Waals surface area contributed by atoms with Crippen LogP contribution in [0.1, 0.15) is 82.0 Å². The van der Waals surface area contributed by atoms with Gasteiger partial charge in [-0.3, -0.25) is 4.79 Å². The quantitative estimate of drug-likeness (QED) is 0.560. The van der Waals surface area contributed by atoms with E-state index in [1.807, 2.05) is 12.1 Å². The minimum absolute atomic E-state index is 0.170. The molecule has 0 spiro atoms. The van der Waals surface area contributed by atoms with Crippen LogP contribution in [0.5, 0.6) is 0 Å². The third kappa shape index (κ3) is 5.03. The van der Waals surface area contributed by atoms with Gasteiger partial charge in [-0.15, -0.1) is 5.10 Å². The number of rotatable bonds is 4. The molecule has 0 aliphatic heterocycles. The highest BCUT2D eigenvalue weighted by Crippen LogP contribution is 2.45. The molecule has 0 unspecified atom stereocenters. The molecule has 0 radical (unpaired) electrons. The van der Waals surface area contributed by atoms with Gasteiger partial charge < -0.3 is 4.74 Å². The molecule has 1 aliphatic carbocycles. The smallest absolute Gasteiger partial charge is 0.306 e. The van der Waals surface area contributed by atoms with Crippen LogP contribution < -0.4 is 0 Å². The molecule has 0 amide bonds. The van der Waals surface area contributed by atoms with Crippen molar-refractivity contribution in [2.75, 3.05) is 6.61 Å². The van der Waals surface area contributed by atoms with Crippen LogP contribution >= 0.6 is 0 Å². The van der Waals surface area contributed by atoms with Gasteiger partial charge in [0.2, 0.25) is 0 Å². The summed E-state index contributed by atoms with van der Waals surface area (Å²) in [4.78, 5) is 11.4. The molecule has 1 heterocycles. The van der Waals surface area contributed by atoms with E-state index in [0.717, 1.165) is 11.3 Å². The van der Waals surface area contributed by atoms with Crippen molar-refractivity contribution in [3.05, 3.63) is 58.4 Å². The Hall–Kier alpha value is -2.67. The van der Waals surface area contributed by atoms with E-state index in [1.54, 1.807) is 6.92 Å². The Balaban J connectivity index is 1.74. The van der Waals surface area contributed by atoms with Gasteiger partial charge in [0.25, 0.3) is 0 Å². The maximum Gasteiger partial charge on any atom is 0.306 e. The van der Waals surface area contributed by atoms with Crippen LogP contribution in [-0.2, 0) is 26.8 Å². The average molecular weight is 391 g/mol. The summed E-state index contributed by atoms with van der Waals surface area (Å²) in [5, 5.41) is 8.36. The van der Waals surface area contributed by atoms with Crippen molar-refractivity contribution in [2.45, 2.75) is 71.1 Å². The molecular weight excluding hydrogens is 360 g/mol. The lowest BCUT2D eigenvalue weighted by Gasteiger charge is -2.41. The van der Waals surface area contributed by atoms with E-state index >= 15 is 0 Å². The maximum absolute atomic E-state index is 11.4. The zero-order valence-electron chi connectivity index (χ0n) is 18.1. The van der Waals surface area contributed by atoms with Gasteiger partial charge in [0, 0.05) is 12.0 Å². The van der Waals surface area contributed by atoms with Crippen molar-refractivity contribution in [3.8, 4) is 11.8 Å². The van der Waals surface area contributed by atoms with E-state index in [-0.39, 0.29) is 16.8 Å². The molecule has 0 bridgehead atoms. The molecule has 152 valence electrons. The highest BCUT2D eigenvalue weighted by Gasteiger charge is 2.36. The highest BCUT2D eigenvalue weighted by molar-refractivity contribution is 5.69. The van der Waals surface area contributed by atoms with E-state index in [2.05, 4.69) is 67.9 Å². The molecule has 3 rings (SSSR count). The Kier molecular flexibility index (Phi) is 6.07. The fourth-order valence-electron chi connectivity index (χ4n) is 3.83. The normalized spacial score (nSPS) is 16.3. The minimum Gasteiger partial charge on any atom is -0.466 e. The third-order valence-corrected chi connectivity index (χ3v) is 5.80. The van der Waals surface area contributed by atoms with Gasteiger partial charge in [0.1, 0.15) is 5.69 Å².